The molecular formula is C23H22BNO2. The summed E-state index contributed by atoms with van der Waals surface area (Å²) in [7, 11) is -0.477. The third kappa shape index (κ3) is 3.70. The molecule has 0 atom stereocenters. The topological polar surface area (TPSA) is 21.7 Å². The number of anilines is 1. The van der Waals surface area contributed by atoms with Gasteiger partial charge in [0.05, 0.1) is 0 Å². The van der Waals surface area contributed by atoms with Crippen LogP contribution in [0.25, 0.3) is 5.47 Å². The van der Waals surface area contributed by atoms with Crippen molar-refractivity contribution in [2.24, 2.45) is 0 Å². The van der Waals surface area contributed by atoms with E-state index in [1.165, 1.54) is 0 Å². The monoisotopic (exact) mass is 355 g/mol. The molecule has 0 aliphatic carbocycles. The van der Waals surface area contributed by atoms with Crippen molar-refractivity contribution in [3.8, 4) is 11.5 Å². The number of hydrogen-bond acceptors (Lipinski definition) is 3. The van der Waals surface area contributed by atoms with Gasteiger partial charge in [0, 0.05) is 23.4 Å². The summed E-state index contributed by atoms with van der Waals surface area (Å²) >= 11 is 0. The number of hydrogen-bond donors (Lipinski definition) is 0. The van der Waals surface area contributed by atoms with Gasteiger partial charge in [-0.05, 0) is 43.7 Å². The van der Waals surface area contributed by atoms with E-state index in [2.05, 4.69) is 61.3 Å². The predicted octanol–water partition coefficient (Wildman–Crippen LogP) is 5.44. The summed E-state index contributed by atoms with van der Waals surface area (Å²) in [6.45, 7) is 4.36. The van der Waals surface area contributed by atoms with Crippen molar-refractivity contribution < 1.29 is 9.31 Å². The van der Waals surface area contributed by atoms with E-state index in [0.717, 1.165) is 28.2 Å². The van der Waals surface area contributed by atoms with E-state index in [9.17, 15) is 0 Å². The Morgan fingerprint density at radius 3 is 1.85 bits per heavy atom. The summed E-state index contributed by atoms with van der Waals surface area (Å²) in [6.07, 6.45) is 2.14. The molecule has 0 saturated heterocycles. The molecule has 1 aliphatic heterocycles. The first-order valence-electron chi connectivity index (χ1n) is 9.25. The van der Waals surface area contributed by atoms with Gasteiger partial charge < -0.3 is 14.2 Å². The summed E-state index contributed by atoms with van der Waals surface area (Å²) in [5.41, 5.74) is 3.21. The second-order valence-electron chi connectivity index (χ2n) is 6.80. The van der Waals surface area contributed by atoms with Gasteiger partial charge in [0.25, 0.3) is 0 Å². The molecule has 1 aliphatic rings. The second kappa shape index (κ2) is 7.62. The molecule has 134 valence electrons. The maximum Gasteiger partial charge on any atom is 0.634 e. The van der Waals surface area contributed by atoms with Crippen molar-refractivity contribution >= 4 is 18.3 Å². The molecule has 3 nitrogen and oxygen atoms in total. The van der Waals surface area contributed by atoms with Gasteiger partial charge in [-0.3, -0.25) is 0 Å². The van der Waals surface area contributed by atoms with Crippen LogP contribution in [0.15, 0.2) is 91.1 Å². The van der Waals surface area contributed by atoms with Crippen LogP contribution in [0.1, 0.15) is 19.4 Å². The van der Waals surface area contributed by atoms with Crippen LogP contribution >= 0.6 is 0 Å². The second-order valence-corrected chi connectivity index (χ2v) is 6.80. The molecule has 0 unspecified atom stereocenters. The van der Waals surface area contributed by atoms with Gasteiger partial charge in [0.1, 0.15) is 11.5 Å². The summed E-state index contributed by atoms with van der Waals surface area (Å²) in [6, 6.07) is 28.7. The fraction of sp³-hybridized carbons (Fsp3) is 0.130. The first kappa shape index (κ1) is 17.3. The van der Waals surface area contributed by atoms with Crippen molar-refractivity contribution in [1.29, 1.82) is 0 Å². The Bertz CT molecular complexity index is 900. The molecule has 3 aromatic rings. The van der Waals surface area contributed by atoms with Crippen molar-refractivity contribution in [2.45, 2.75) is 19.9 Å². The minimum Gasteiger partial charge on any atom is -0.519 e. The molecule has 0 spiro atoms. The highest BCUT2D eigenvalue weighted by Gasteiger charge is 2.37. The molecule has 1 heterocycles. The highest BCUT2D eigenvalue weighted by atomic mass is 16.6. The Labute approximate surface area is 161 Å². The van der Waals surface area contributed by atoms with Crippen LogP contribution in [0.3, 0.4) is 0 Å². The zero-order valence-electron chi connectivity index (χ0n) is 15.6. The Kier molecular flexibility index (Phi) is 4.88. The molecule has 4 heteroatoms. The average Bonchev–Trinajstić information content (AvgIpc) is 3.13. The quantitative estimate of drug-likeness (QED) is 0.569. The lowest BCUT2D eigenvalue weighted by atomic mass is 9.74. The lowest BCUT2D eigenvalue weighted by Crippen LogP contribution is -2.31. The lowest BCUT2D eigenvalue weighted by Gasteiger charge is -2.27. The van der Waals surface area contributed by atoms with Gasteiger partial charge in [-0.25, -0.2) is 0 Å². The zero-order valence-corrected chi connectivity index (χ0v) is 15.6. The maximum atomic E-state index is 6.12. The molecule has 4 rings (SSSR count). The number of benzene rings is 3. The van der Waals surface area contributed by atoms with Gasteiger partial charge in [-0.2, -0.15) is 0 Å². The van der Waals surface area contributed by atoms with Crippen molar-refractivity contribution in [2.75, 3.05) is 4.90 Å². The third-order valence-corrected chi connectivity index (χ3v) is 4.57. The number of fused-ring (bicyclic) bond motifs is 1. The molecule has 0 fully saturated rings. The van der Waals surface area contributed by atoms with Crippen LogP contribution in [-0.4, -0.2) is 13.2 Å². The smallest absolute Gasteiger partial charge is 0.519 e. The summed E-state index contributed by atoms with van der Waals surface area (Å²) in [5, 5.41) is 0. The van der Waals surface area contributed by atoms with Crippen LogP contribution in [0, 0.1) is 0 Å². The zero-order chi connectivity index (χ0) is 18.6. The van der Waals surface area contributed by atoms with Crippen LogP contribution in [0.2, 0.25) is 0 Å². The van der Waals surface area contributed by atoms with Gasteiger partial charge >= 0.3 is 7.12 Å². The lowest BCUT2D eigenvalue weighted by molar-refractivity contribution is 0.520. The fourth-order valence-electron chi connectivity index (χ4n) is 3.20. The third-order valence-electron chi connectivity index (χ3n) is 4.57. The van der Waals surface area contributed by atoms with E-state index in [4.69, 9.17) is 9.31 Å². The van der Waals surface area contributed by atoms with Gasteiger partial charge in [0.2, 0.25) is 0 Å². The normalized spacial score (nSPS) is 13.1. The van der Waals surface area contributed by atoms with Crippen molar-refractivity contribution in [1.82, 2.24) is 0 Å². The summed E-state index contributed by atoms with van der Waals surface area (Å²) in [5.74, 6) is 1.56. The maximum absolute atomic E-state index is 6.12. The van der Waals surface area contributed by atoms with E-state index in [-0.39, 0.29) is 6.04 Å². The minimum absolute atomic E-state index is 0.287. The highest BCUT2D eigenvalue weighted by Crippen LogP contribution is 2.37. The Balaban J connectivity index is 1.75. The standard InChI is InChI=1S/C23H22BNO2/c1-18(2)25(20-13-7-4-8-14-20)17-21(19-11-5-3-6-12-19)24-26-22-15-9-10-16-23(22)27-24/h3-18H,1-2H3/b21-17+. The molecule has 0 radical (unpaired) electrons. The SMILES string of the molecule is CC(C)N(/C=C(/B1Oc2ccccc2O1)c1ccccc1)c1ccccc1. The fourth-order valence-corrected chi connectivity index (χ4v) is 3.20. The van der Waals surface area contributed by atoms with Crippen molar-refractivity contribution in [3.63, 3.8) is 0 Å². The number of para-hydroxylation sites is 3. The average molecular weight is 355 g/mol. The molecule has 0 bridgehead atoms. The van der Waals surface area contributed by atoms with Gasteiger partial charge in [-0.1, -0.05) is 60.7 Å². The predicted molar refractivity (Wildman–Crippen MR) is 112 cm³/mol. The van der Waals surface area contributed by atoms with E-state index < -0.39 is 7.12 Å². The molecule has 0 amide bonds. The number of rotatable bonds is 5. The molecule has 0 aromatic heterocycles. The molecular weight excluding hydrogens is 333 g/mol. The summed E-state index contributed by atoms with van der Waals surface area (Å²) < 4.78 is 12.2. The minimum atomic E-state index is -0.477. The van der Waals surface area contributed by atoms with Crippen LogP contribution in [0.5, 0.6) is 11.5 Å². The summed E-state index contributed by atoms with van der Waals surface area (Å²) in [4.78, 5) is 2.25. The van der Waals surface area contributed by atoms with E-state index in [0.29, 0.717) is 0 Å². The van der Waals surface area contributed by atoms with Crippen LogP contribution in [-0.2, 0) is 0 Å². The Hall–Kier alpha value is -3.14. The first-order valence-corrected chi connectivity index (χ1v) is 9.25. The molecule has 0 saturated carbocycles. The van der Waals surface area contributed by atoms with Gasteiger partial charge in [0.15, 0.2) is 0 Å². The van der Waals surface area contributed by atoms with E-state index in [1.807, 2.05) is 48.5 Å². The molecule has 3 aromatic carbocycles. The highest BCUT2D eigenvalue weighted by molar-refractivity contribution is 6.70. The Morgan fingerprint density at radius 1 is 0.778 bits per heavy atom. The first-order chi connectivity index (χ1) is 13.2. The molecule has 0 N–H and O–H groups in total. The van der Waals surface area contributed by atoms with E-state index >= 15 is 0 Å². The molecule has 27 heavy (non-hydrogen) atoms. The number of nitrogens with zero attached hydrogens (tertiary/aromatic N) is 1. The van der Waals surface area contributed by atoms with Crippen molar-refractivity contribution in [3.05, 3.63) is 96.7 Å². The largest absolute Gasteiger partial charge is 0.634 e. The van der Waals surface area contributed by atoms with Crippen LogP contribution < -0.4 is 14.2 Å². The van der Waals surface area contributed by atoms with E-state index in [1.54, 1.807) is 0 Å². The van der Waals surface area contributed by atoms with Crippen LogP contribution in [0.4, 0.5) is 5.69 Å². The Morgan fingerprint density at radius 2 is 1.30 bits per heavy atom. The van der Waals surface area contributed by atoms with Gasteiger partial charge in [-0.15, -0.1) is 0 Å².